The van der Waals surface area contributed by atoms with Gasteiger partial charge in [-0.1, -0.05) is 41.9 Å². The molecule has 1 atom stereocenters. The highest BCUT2D eigenvalue weighted by Crippen LogP contribution is 2.41. The van der Waals surface area contributed by atoms with E-state index in [0.29, 0.717) is 17.0 Å². The molecule has 3 rings (SSSR count). The summed E-state index contributed by atoms with van der Waals surface area (Å²) in [5.41, 5.74) is 0.681. The van der Waals surface area contributed by atoms with E-state index in [1.54, 1.807) is 0 Å². The predicted octanol–water partition coefficient (Wildman–Crippen LogP) is 4.72. The molecule has 7 heteroatoms. The number of benzene rings is 2. The van der Waals surface area contributed by atoms with Crippen LogP contribution in [-0.2, 0) is 11.2 Å². The number of halogens is 4. The average Bonchev–Trinajstić information content (AvgIpc) is 2.53. The molecule has 0 amide bonds. The molecule has 0 fully saturated rings. The lowest BCUT2D eigenvalue weighted by molar-refractivity contribution is -0.187. The third-order valence-corrected chi connectivity index (χ3v) is 3.99. The van der Waals surface area contributed by atoms with Gasteiger partial charge in [0.2, 0.25) is 6.10 Å². The van der Waals surface area contributed by atoms with Gasteiger partial charge in [0.05, 0.1) is 5.57 Å². The van der Waals surface area contributed by atoms with Gasteiger partial charge in [0, 0.05) is 22.6 Å². The molecule has 0 saturated heterocycles. The first kappa shape index (κ1) is 17.4. The van der Waals surface area contributed by atoms with Crippen LogP contribution in [0.3, 0.4) is 0 Å². The normalized spacial score (nSPS) is 16.6. The maximum absolute atomic E-state index is 13.2. The molecule has 1 N–H and O–H groups in total. The summed E-state index contributed by atoms with van der Waals surface area (Å²) in [6, 6.07) is 12.0. The minimum atomic E-state index is -4.84. The summed E-state index contributed by atoms with van der Waals surface area (Å²) in [6.45, 7) is 0. The van der Waals surface area contributed by atoms with Gasteiger partial charge < -0.3 is 9.84 Å². The molecule has 0 aromatic heterocycles. The molecule has 1 aliphatic heterocycles. The topological polar surface area (TPSA) is 46.5 Å². The molecule has 2 aromatic rings. The maximum atomic E-state index is 13.2. The standard InChI is InChI=1S/C18H12ClF3O3/c19-13-7-11(6-10-4-2-1-3-5-10)15-12(8-13)9-14(17(23)24)16(25-15)18(20,21)22/h1-5,7-9,16H,6H2,(H,23,24). The first-order chi connectivity index (χ1) is 11.8. The average molecular weight is 369 g/mol. The lowest BCUT2D eigenvalue weighted by Crippen LogP contribution is -2.40. The Morgan fingerprint density at radius 1 is 1.20 bits per heavy atom. The number of aliphatic carboxylic acids is 1. The van der Waals surface area contributed by atoms with Crippen LogP contribution in [0.2, 0.25) is 5.02 Å². The van der Waals surface area contributed by atoms with Crippen LogP contribution < -0.4 is 4.74 Å². The van der Waals surface area contributed by atoms with E-state index in [1.165, 1.54) is 12.1 Å². The van der Waals surface area contributed by atoms with Crippen LogP contribution >= 0.6 is 11.6 Å². The van der Waals surface area contributed by atoms with Crippen molar-refractivity contribution in [3.8, 4) is 5.75 Å². The van der Waals surface area contributed by atoms with Crippen molar-refractivity contribution >= 4 is 23.6 Å². The summed E-state index contributed by atoms with van der Waals surface area (Å²) in [4.78, 5) is 11.2. The van der Waals surface area contributed by atoms with E-state index in [4.69, 9.17) is 21.4 Å². The van der Waals surface area contributed by atoms with Crippen molar-refractivity contribution in [1.82, 2.24) is 0 Å². The molecule has 1 heterocycles. The molecule has 0 saturated carbocycles. The van der Waals surface area contributed by atoms with Crippen LogP contribution in [0, 0.1) is 0 Å². The molecular weight excluding hydrogens is 357 g/mol. The molecule has 0 bridgehead atoms. The molecule has 25 heavy (non-hydrogen) atoms. The van der Waals surface area contributed by atoms with Crippen LogP contribution in [0.25, 0.3) is 6.08 Å². The number of ether oxygens (including phenoxy) is 1. The van der Waals surface area contributed by atoms with E-state index in [9.17, 15) is 18.0 Å². The van der Waals surface area contributed by atoms with Crippen molar-refractivity contribution in [2.24, 2.45) is 0 Å². The maximum Gasteiger partial charge on any atom is 0.430 e. The second-order valence-electron chi connectivity index (χ2n) is 5.59. The first-order valence-corrected chi connectivity index (χ1v) is 7.68. The van der Waals surface area contributed by atoms with Crippen LogP contribution in [0.1, 0.15) is 16.7 Å². The SMILES string of the molecule is O=C(O)C1=Cc2cc(Cl)cc(Cc3ccccc3)c2OC1C(F)(F)F. The van der Waals surface area contributed by atoms with E-state index in [2.05, 4.69) is 0 Å². The molecule has 0 aliphatic carbocycles. The minimum absolute atomic E-state index is 0.000535. The van der Waals surface area contributed by atoms with E-state index >= 15 is 0 Å². The van der Waals surface area contributed by atoms with Crippen LogP contribution in [-0.4, -0.2) is 23.4 Å². The van der Waals surface area contributed by atoms with E-state index in [-0.39, 0.29) is 11.3 Å². The van der Waals surface area contributed by atoms with Crippen molar-refractivity contribution in [3.63, 3.8) is 0 Å². The smallest absolute Gasteiger partial charge is 0.430 e. The van der Waals surface area contributed by atoms with Gasteiger partial charge in [0.1, 0.15) is 5.75 Å². The van der Waals surface area contributed by atoms with Crippen molar-refractivity contribution in [2.45, 2.75) is 18.7 Å². The number of carbonyl (C=O) groups is 1. The van der Waals surface area contributed by atoms with E-state index < -0.39 is 23.8 Å². The van der Waals surface area contributed by atoms with Gasteiger partial charge in [0.25, 0.3) is 0 Å². The Hall–Kier alpha value is -2.47. The Kier molecular flexibility index (Phi) is 4.47. The third-order valence-electron chi connectivity index (χ3n) is 3.77. The van der Waals surface area contributed by atoms with Gasteiger partial charge in [-0.3, -0.25) is 0 Å². The molecular formula is C18H12ClF3O3. The Morgan fingerprint density at radius 2 is 1.88 bits per heavy atom. The summed E-state index contributed by atoms with van der Waals surface area (Å²) < 4.78 is 44.8. The zero-order valence-corrected chi connectivity index (χ0v) is 13.4. The summed E-state index contributed by atoms with van der Waals surface area (Å²) in [6.07, 6.45) is -6.08. The highest BCUT2D eigenvalue weighted by Gasteiger charge is 2.48. The van der Waals surface area contributed by atoms with E-state index in [0.717, 1.165) is 11.6 Å². The summed E-state index contributed by atoms with van der Waals surface area (Å²) in [7, 11) is 0. The Balaban J connectivity index is 2.10. The summed E-state index contributed by atoms with van der Waals surface area (Å²) in [5.74, 6) is -1.68. The van der Waals surface area contributed by atoms with E-state index in [1.807, 2.05) is 30.3 Å². The van der Waals surface area contributed by atoms with Gasteiger partial charge >= 0.3 is 12.1 Å². The van der Waals surface area contributed by atoms with Gasteiger partial charge in [-0.2, -0.15) is 13.2 Å². The fraction of sp³-hybridized carbons (Fsp3) is 0.167. The zero-order chi connectivity index (χ0) is 18.2. The molecule has 3 nitrogen and oxygen atoms in total. The molecule has 2 aromatic carbocycles. The number of fused-ring (bicyclic) bond motifs is 1. The third kappa shape index (κ3) is 3.64. The zero-order valence-electron chi connectivity index (χ0n) is 12.7. The van der Waals surface area contributed by atoms with Gasteiger partial charge in [-0.15, -0.1) is 0 Å². The highest BCUT2D eigenvalue weighted by molar-refractivity contribution is 6.31. The number of hydrogen-bond donors (Lipinski definition) is 1. The molecule has 0 spiro atoms. The lowest BCUT2D eigenvalue weighted by atomic mass is 9.96. The summed E-state index contributed by atoms with van der Waals surface area (Å²) >= 11 is 6.05. The van der Waals surface area contributed by atoms with Gasteiger partial charge in [-0.25, -0.2) is 4.79 Å². The van der Waals surface area contributed by atoms with Crippen molar-refractivity contribution in [3.05, 3.63) is 69.8 Å². The number of carboxylic acid groups (broad SMARTS) is 1. The molecule has 1 unspecified atom stereocenters. The predicted molar refractivity (Wildman–Crippen MR) is 86.8 cm³/mol. The van der Waals surface area contributed by atoms with Crippen molar-refractivity contribution < 1.29 is 27.8 Å². The minimum Gasteiger partial charge on any atom is -0.478 e. The number of rotatable bonds is 3. The lowest BCUT2D eigenvalue weighted by Gasteiger charge is -2.28. The highest BCUT2D eigenvalue weighted by atomic mass is 35.5. The van der Waals surface area contributed by atoms with Gasteiger partial charge in [0.15, 0.2) is 0 Å². The number of hydrogen-bond acceptors (Lipinski definition) is 2. The second kappa shape index (κ2) is 6.44. The van der Waals surface area contributed by atoms with Crippen molar-refractivity contribution in [2.75, 3.05) is 0 Å². The van der Waals surface area contributed by atoms with Crippen LogP contribution in [0.15, 0.2) is 48.0 Å². The first-order valence-electron chi connectivity index (χ1n) is 7.30. The Bertz CT molecular complexity index is 845. The largest absolute Gasteiger partial charge is 0.478 e. The number of alkyl halides is 3. The second-order valence-corrected chi connectivity index (χ2v) is 6.03. The van der Waals surface area contributed by atoms with Crippen molar-refractivity contribution in [1.29, 1.82) is 0 Å². The monoisotopic (exact) mass is 368 g/mol. The number of carboxylic acids is 1. The quantitative estimate of drug-likeness (QED) is 0.852. The fourth-order valence-corrected chi connectivity index (χ4v) is 2.96. The Morgan fingerprint density at radius 3 is 2.48 bits per heavy atom. The Labute approximate surface area is 146 Å². The van der Waals surface area contributed by atoms with Gasteiger partial charge in [-0.05, 0) is 23.8 Å². The summed E-state index contributed by atoms with van der Waals surface area (Å²) in [5, 5.41) is 9.38. The molecule has 0 radical (unpaired) electrons. The molecule has 130 valence electrons. The molecule has 1 aliphatic rings. The van der Waals surface area contributed by atoms with Crippen LogP contribution in [0.5, 0.6) is 5.75 Å². The fourth-order valence-electron chi connectivity index (χ4n) is 2.71. The van der Waals surface area contributed by atoms with Crippen LogP contribution in [0.4, 0.5) is 13.2 Å².